The maximum Gasteiger partial charge on any atom is 0.129 e. The van der Waals surface area contributed by atoms with E-state index in [0.29, 0.717) is 10.9 Å². The van der Waals surface area contributed by atoms with Gasteiger partial charge < -0.3 is 5.73 Å². The van der Waals surface area contributed by atoms with Crippen LogP contribution in [-0.4, -0.2) is 18.2 Å². The quantitative estimate of drug-likeness (QED) is 0.665. The number of allylic oxidation sites excluding steroid dienone is 1. The first-order valence-corrected chi connectivity index (χ1v) is 5.01. The molecule has 1 heterocycles. The average molecular weight is 275 g/mol. The lowest BCUT2D eigenvalue weighted by Gasteiger charge is -2.02. The molecule has 0 amide bonds. The third kappa shape index (κ3) is 2.82. The molecule has 0 bridgehead atoms. The van der Waals surface area contributed by atoms with Crippen LogP contribution in [0, 0.1) is 0 Å². The van der Waals surface area contributed by atoms with Gasteiger partial charge in [-0.2, -0.15) is 0 Å². The molecule has 0 saturated carbocycles. The van der Waals surface area contributed by atoms with Gasteiger partial charge in [-0.1, -0.05) is 11.6 Å². The van der Waals surface area contributed by atoms with Gasteiger partial charge in [0.05, 0.1) is 10.2 Å². The van der Waals surface area contributed by atoms with Crippen LogP contribution in [0.4, 0.5) is 0 Å². The van der Waals surface area contributed by atoms with Crippen LogP contribution in [-0.2, 0) is 0 Å². The third-order valence-electron chi connectivity index (χ3n) is 1.54. The van der Waals surface area contributed by atoms with E-state index in [9.17, 15) is 0 Å². The Morgan fingerprint density at radius 3 is 3.00 bits per heavy atom. The predicted molar refractivity (Wildman–Crippen MR) is 63.7 cm³/mol. The van der Waals surface area contributed by atoms with Gasteiger partial charge in [0.15, 0.2) is 0 Å². The number of nitrogens with two attached hydrogens (primary N) is 1. The maximum absolute atomic E-state index is 5.85. The van der Waals surface area contributed by atoms with Gasteiger partial charge in [-0.05, 0) is 28.1 Å². The van der Waals surface area contributed by atoms with Crippen LogP contribution in [0.5, 0.6) is 0 Å². The Hall–Kier alpha value is -0.870. The number of rotatable bonds is 2. The maximum atomic E-state index is 5.85. The van der Waals surface area contributed by atoms with Crippen LogP contribution < -0.4 is 5.73 Å². The van der Waals surface area contributed by atoms with Crippen molar-refractivity contribution in [2.75, 3.05) is 7.05 Å². The smallest absolute Gasteiger partial charge is 0.129 e. The number of halogens is 2. The van der Waals surface area contributed by atoms with E-state index in [1.54, 1.807) is 31.6 Å². The van der Waals surface area contributed by atoms with Crippen molar-refractivity contribution in [3.63, 3.8) is 0 Å². The molecule has 74 valence electrons. The van der Waals surface area contributed by atoms with E-state index < -0.39 is 0 Å². The van der Waals surface area contributed by atoms with E-state index in [4.69, 9.17) is 17.3 Å². The van der Waals surface area contributed by atoms with Gasteiger partial charge in [-0.25, -0.2) is 4.98 Å². The van der Waals surface area contributed by atoms with Crippen LogP contribution in [0.3, 0.4) is 0 Å². The summed E-state index contributed by atoms with van der Waals surface area (Å²) in [6, 6.07) is 3.48. The molecule has 0 aromatic carbocycles. The van der Waals surface area contributed by atoms with Crippen LogP contribution >= 0.6 is 27.5 Å². The second-order valence-corrected chi connectivity index (χ2v) is 3.76. The normalized spacial score (nSPS) is 13.1. The standard InChI is InChI=1S/C9H9BrClN3/c1-13-5-7(10)9(12)6-2-3-14-8(11)4-6/h2-5H,12H2,1H3. The number of nitrogens with zero attached hydrogens (tertiary/aromatic N) is 2. The topological polar surface area (TPSA) is 51.3 Å². The first kappa shape index (κ1) is 11.2. The lowest BCUT2D eigenvalue weighted by molar-refractivity contribution is 1.31. The van der Waals surface area contributed by atoms with Gasteiger partial charge in [0, 0.05) is 25.0 Å². The second kappa shape index (κ2) is 5.12. The molecule has 0 aliphatic carbocycles. The monoisotopic (exact) mass is 273 g/mol. The van der Waals surface area contributed by atoms with Gasteiger partial charge >= 0.3 is 0 Å². The molecule has 0 atom stereocenters. The molecule has 0 spiro atoms. The fourth-order valence-corrected chi connectivity index (χ4v) is 1.50. The molecule has 1 aromatic rings. The Kier molecular flexibility index (Phi) is 4.10. The molecule has 0 radical (unpaired) electrons. The van der Waals surface area contributed by atoms with E-state index >= 15 is 0 Å². The molecule has 1 aromatic heterocycles. The predicted octanol–water partition coefficient (Wildman–Crippen LogP) is 2.46. The SMILES string of the molecule is CN=CC(Br)=C(N)c1ccnc(Cl)c1. The Morgan fingerprint density at radius 2 is 2.43 bits per heavy atom. The van der Waals surface area contributed by atoms with E-state index in [0.717, 1.165) is 10.0 Å². The first-order valence-electron chi connectivity index (χ1n) is 3.84. The largest absolute Gasteiger partial charge is 0.397 e. The zero-order chi connectivity index (χ0) is 10.6. The Balaban J connectivity index is 3.11. The zero-order valence-electron chi connectivity index (χ0n) is 7.54. The lowest BCUT2D eigenvalue weighted by Crippen LogP contribution is -1.99. The Bertz CT molecular complexity index is 387. The molecule has 0 aliphatic heterocycles. The van der Waals surface area contributed by atoms with Crippen molar-refractivity contribution in [2.24, 2.45) is 10.7 Å². The molecule has 0 unspecified atom stereocenters. The molecule has 0 aliphatic rings. The van der Waals surface area contributed by atoms with Crippen molar-refractivity contribution in [1.82, 2.24) is 4.98 Å². The summed E-state index contributed by atoms with van der Waals surface area (Å²) in [7, 11) is 1.67. The van der Waals surface area contributed by atoms with Crippen molar-refractivity contribution < 1.29 is 0 Å². The zero-order valence-corrected chi connectivity index (χ0v) is 9.88. The summed E-state index contributed by atoms with van der Waals surface area (Å²) >= 11 is 9.04. The summed E-state index contributed by atoms with van der Waals surface area (Å²) in [5.41, 5.74) is 7.25. The number of aromatic nitrogens is 1. The first-order chi connectivity index (χ1) is 6.65. The summed E-state index contributed by atoms with van der Waals surface area (Å²) in [6.45, 7) is 0. The van der Waals surface area contributed by atoms with Crippen molar-refractivity contribution in [1.29, 1.82) is 0 Å². The average Bonchev–Trinajstić information content (AvgIpc) is 2.17. The minimum absolute atomic E-state index is 0.416. The highest BCUT2D eigenvalue weighted by Gasteiger charge is 2.01. The van der Waals surface area contributed by atoms with E-state index in [-0.39, 0.29) is 0 Å². The van der Waals surface area contributed by atoms with Gasteiger partial charge in [0.1, 0.15) is 5.15 Å². The fraction of sp³-hybridized carbons (Fsp3) is 0.111. The molecule has 0 fully saturated rings. The van der Waals surface area contributed by atoms with Crippen LogP contribution in [0.15, 0.2) is 27.8 Å². The summed E-state index contributed by atoms with van der Waals surface area (Å²) in [5.74, 6) is 0. The minimum atomic E-state index is 0.416. The van der Waals surface area contributed by atoms with Crippen LogP contribution in [0.1, 0.15) is 5.56 Å². The number of hydrogen-bond donors (Lipinski definition) is 1. The minimum Gasteiger partial charge on any atom is -0.397 e. The highest BCUT2D eigenvalue weighted by molar-refractivity contribution is 9.12. The van der Waals surface area contributed by atoms with E-state index in [1.165, 1.54) is 0 Å². The number of aliphatic imine (C=N–C) groups is 1. The van der Waals surface area contributed by atoms with Crippen LogP contribution in [0.2, 0.25) is 5.15 Å². The number of hydrogen-bond acceptors (Lipinski definition) is 3. The molecule has 0 saturated heterocycles. The van der Waals surface area contributed by atoms with Gasteiger partial charge in [0.25, 0.3) is 0 Å². The lowest BCUT2D eigenvalue weighted by atomic mass is 10.2. The van der Waals surface area contributed by atoms with Crippen molar-refractivity contribution >= 4 is 39.4 Å². The molecular formula is C9H9BrClN3. The number of pyridine rings is 1. The summed E-state index contributed by atoms with van der Waals surface area (Å²) in [5, 5.41) is 0.416. The molecular weight excluding hydrogens is 265 g/mol. The summed E-state index contributed by atoms with van der Waals surface area (Å²) in [6.07, 6.45) is 3.23. The summed E-state index contributed by atoms with van der Waals surface area (Å²) in [4.78, 5) is 7.71. The Labute approximate surface area is 95.8 Å². The van der Waals surface area contributed by atoms with Gasteiger partial charge in [-0.3, -0.25) is 4.99 Å². The summed E-state index contributed by atoms with van der Waals surface area (Å²) < 4.78 is 0.724. The van der Waals surface area contributed by atoms with Crippen LogP contribution in [0.25, 0.3) is 5.70 Å². The van der Waals surface area contributed by atoms with Gasteiger partial charge in [0.2, 0.25) is 0 Å². The van der Waals surface area contributed by atoms with Crippen molar-refractivity contribution in [2.45, 2.75) is 0 Å². The molecule has 2 N–H and O–H groups in total. The van der Waals surface area contributed by atoms with Gasteiger partial charge in [-0.15, -0.1) is 0 Å². The van der Waals surface area contributed by atoms with E-state index in [1.807, 2.05) is 0 Å². The van der Waals surface area contributed by atoms with E-state index in [2.05, 4.69) is 25.9 Å². The third-order valence-corrected chi connectivity index (χ3v) is 2.38. The molecule has 5 heteroatoms. The second-order valence-electron chi connectivity index (χ2n) is 2.52. The molecule has 1 rings (SSSR count). The highest BCUT2D eigenvalue weighted by Crippen LogP contribution is 2.18. The van der Waals surface area contributed by atoms with Crippen molar-refractivity contribution in [3.05, 3.63) is 33.5 Å². The van der Waals surface area contributed by atoms with Crippen molar-refractivity contribution in [3.8, 4) is 0 Å². The fourth-order valence-electron chi connectivity index (χ4n) is 0.891. The molecule has 3 nitrogen and oxygen atoms in total. The Morgan fingerprint density at radius 1 is 1.71 bits per heavy atom. The highest BCUT2D eigenvalue weighted by atomic mass is 79.9. The molecule has 14 heavy (non-hydrogen) atoms.